The van der Waals surface area contributed by atoms with Crippen LogP contribution in [0.5, 0.6) is 0 Å². The Morgan fingerprint density at radius 2 is 0.632 bits per heavy atom. The number of allylic oxidation sites excluding steroid dienone is 20. The van der Waals surface area contributed by atoms with Gasteiger partial charge in [0.05, 0.1) is 0 Å². The minimum atomic E-state index is -0.830. The van der Waals surface area contributed by atoms with Crippen LogP contribution in [0.15, 0.2) is 122 Å². The summed E-state index contributed by atoms with van der Waals surface area (Å²) in [5, 5.41) is 0. The highest BCUT2D eigenvalue weighted by Crippen LogP contribution is 2.13. The van der Waals surface area contributed by atoms with Crippen molar-refractivity contribution in [3.63, 3.8) is 0 Å². The van der Waals surface area contributed by atoms with Crippen LogP contribution in [0.25, 0.3) is 0 Å². The molecule has 0 N–H and O–H groups in total. The summed E-state index contributed by atoms with van der Waals surface area (Å²) in [6, 6.07) is 0. The number of rotatable bonds is 48. The molecule has 0 spiro atoms. The van der Waals surface area contributed by atoms with Crippen LogP contribution in [-0.4, -0.2) is 37.2 Å². The molecule has 0 aromatic carbocycles. The summed E-state index contributed by atoms with van der Waals surface area (Å²) in [5.74, 6) is -1.03. The van der Waals surface area contributed by atoms with E-state index < -0.39 is 12.1 Å². The molecule has 68 heavy (non-hydrogen) atoms. The molecule has 0 aliphatic heterocycles. The lowest BCUT2D eigenvalue weighted by atomic mass is 10.1. The summed E-state index contributed by atoms with van der Waals surface area (Å²) in [6.45, 7) is 6.36. The second-order valence-electron chi connectivity index (χ2n) is 17.7. The standard InChI is InChI=1S/C62H100O6/c1-4-7-10-13-16-19-22-24-26-28-30-31-33-34-36-38-40-43-46-49-52-55-61(64)67-58-59(57-66-60(63)54-51-48-45-42-21-18-15-12-9-6-3)68-62(65)56-53-50-47-44-41-39-37-35-32-29-27-25-23-20-17-14-11-8-5-2/h8,11-12,15,17,20,22,24-25,27-28,30,32-35,39,41,47,50,59H,4-7,9-10,13-14,16,18-19,21,23,26,29,31,36-38,40,42-46,48-49,51-58H2,1-3H3/b11-8-,15-12-,20-17-,24-22-,27-25-,30-28-,34-33-,35-32-,41-39-,50-47-. The molecule has 0 rings (SSSR count). The molecule has 1 atom stereocenters. The molecule has 0 aromatic rings. The van der Waals surface area contributed by atoms with E-state index in [1.807, 2.05) is 12.2 Å². The maximum atomic E-state index is 12.8. The molecular formula is C62H100O6. The number of carbonyl (C=O) groups excluding carboxylic acids is 3. The van der Waals surface area contributed by atoms with Gasteiger partial charge < -0.3 is 14.2 Å². The molecule has 0 bridgehead atoms. The van der Waals surface area contributed by atoms with Crippen molar-refractivity contribution < 1.29 is 28.6 Å². The molecule has 0 aliphatic carbocycles. The van der Waals surface area contributed by atoms with Crippen molar-refractivity contribution in [2.45, 2.75) is 239 Å². The molecule has 0 aliphatic rings. The second-order valence-corrected chi connectivity index (χ2v) is 17.7. The Labute approximate surface area is 418 Å². The van der Waals surface area contributed by atoms with Gasteiger partial charge in [-0.1, -0.05) is 219 Å². The van der Waals surface area contributed by atoms with E-state index in [2.05, 4.69) is 130 Å². The molecule has 384 valence electrons. The second kappa shape index (κ2) is 55.4. The van der Waals surface area contributed by atoms with E-state index in [-0.39, 0.29) is 31.6 Å². The normalized spacial score (nSPS) is 13.0. The summed E-state index contributed by atoms with van der Waals surface area (Å²) >= 11 is 0. The summed E-state index contributed by atoms with van der Waals surface area (Å²) in [6.07, 6.45) is 76.3. The van der Waals surface area contributed by atoms with E-state index in [9.17, 15) is 14.4 Å². The van der Waals surface area contributed by atoms with Gasteiger partial charge in [0.15, 0.2) is 6.10 Å². The predicted octanol–water partition coefficient (Wildman–Crippen LogP) is 18.5. The summed E-state index contributed by atoms with van der Waals surface area (Å²) < 4.78 is 16.7. The lowest BCUT2D eigenvalue weighted by Crippen LogP contribution is -2.30. The monoisotopic (exact) mass is 941 g/mol. The van der Waals surface area contributed by atoms with Crippen LogP contribution in [-0.2, 0) is 28.6 Å². The number of ether oxygens (including phenoxy) is 3. The maximum absolute atomic E-state index is 12.8. The topological polar surface area (TPSA) is 78.9 Å². The summed E-state index contributed by atoms with van der Waals surface area (Å²) in [4.78, 5) is 38.0. The zero-order chi connectivity index (χ0) is 49.3. The third-order valence-corrected chi connectivity index (χ3v) is 11.2. The van der Waals surface area contributed by atoms with Gasteiger partial charge in [-0.25, -0.2) is 0 Å². The summed E-state index contributed by atoms with van der Waals surface area (Å²) in [5.41, 5.74) is 0. The van der Waals surface area contributed by atoms with Crippen LogP contribution in [0, 0.1) is 0 Å². The zero-order valence-corrected chi connectivity index (χ0v) is 43.8. The van der Waals surface area contributed by atoms with Crippen molar-refractivity contribution in [1.29, 1.82) is 0 Å². The van der Waals surface area contributed by atoms with E-state index in [4.69, 9.17) is 14.2 Å². The average Bonchev–Trinajstić information content (AvgIpc) is 3.34. The van der Waals surface area contributed by atoms with Crippen molar-refractivity contribution in [1.82, 2.24) is 0 Å². The van der Waals surface area contributed by atoms with Gasteiger partial charge in [-0.3, -0.25) is 14.4 Å². The van der Waals surface area contributed by atoms with Crippen LogP contribution in [0.1, 0.15) is 233 Å². The van der Waals surface area contributed by atoms with Gasteiger partial charge in [-0.2, -0.15) is 0 Å². The molecule has 0 amide bonds. The van der Waals surface area contributed by atoms with E-state index in [0.717, 1.165) is 122 Å². The van der Waals surface area contributed by atoms with Crippen LogP contribution in [0.2, 0.25) is 0 Å². The largest absolute Gasteiger partial charge is 0.462 e. The van der Waals surface area contributed by atoms with E-state index in [1.165, 1.54) is 64.2 Å². The third kappa shape index (κ3) is 52.8. The number of unbranched alkanes of at least 4 members (excludes halogenated alkanes) is 17. The Morgan fingerprint density at radius 3 is 1.03 bits per heavy atom. The van der Waals surface area contributed by atoms with Gasteiger partial charge in [0, 0.05) is 19.3 Å². The maximum Gasteiger partial charge on any atom is 0.306 e. The van der Waals surface area contributed by atoms with Crippen LogP contribution in [0.3, 0.4) is 0 Å². The lowest BCUT2D eigenvalue weighted by molar-refractivity contribution is -0.166. The SMILES string of the molecule is CC/C=C\C/C=C\C/C=C\C/C=C\C/C=C\C/C=C\CCC(=O)OC(COC(=O)CCCCCCC/C=C\CCC)COC(=O)CCCCCCCC/C=C\C/C=C\C/C=C\CCCCCCC. The van der Waals surface area contributed by atoms with Gasteiger partial charge in [-0.15, -0.1) is 0 Å². The van der Waals surface area contributed by atoms with E-state index in [0.29, 0.717) is 19.3 Å². The molecule has 0 heterocycles. The van der Waals surface area contributed by atoms with Crippen molar-refractivity contribution in [2.24, 2.45) is 0 Å². The Kier molecular flexibility index (Phi) is 52.0. The van der Waals surface area contributed by atoms with Gasteiger partial charge in [0.1, 0.15) is 13.2 Å². The number of carbonyl (C=O) groups is 3. The highest BCUT2D eigenvalue weighted by molar-refractivity contribution is 5.71. The Morgan fingerprint density at radius 1 is 0.309 bits per heavy atom. The fourth-order valence-electron chi connectivity index (χ4n) is 7.06. The summed E-state index contributed by atoms with van der Waals surface area (Å²) in [7, 11) is 0. The fourth-order valence-corrected chi connectivity index (χ4v) is 7.06. The quantitative estimate of drug-likeness (QED) is 0.0262. The van der Waals surface area contributed by atoms with Crippen LogP contribution in [0.4, 0.5) is 0 Å². The van der Waals surface area contributed by atoms with Crippen LogP contribution >= 0.6 is 0 Å². The molecule has 0 fully saturated rings. The fraction of sp³-hybridized carbons (Fsp3) is 0.629. The first-order valence-corrected chi connectivity index (χ1v) is 27.5. The molecular weight excluding hydrogens is 841 g/mol. The Balaban J connectivity index is 4.48. The molecule has 1 unspecified atom stereocenters. The van der Waals surface area contributed by atoms with Crippen molar-refractivity contribution in [2.75, 3.05) is 13.2 Å². The van der Waals surface area contributed by atoms with Crippen molar-refractivity contribution in [3.8, 4) is 0 Å². The number of hydrogen-bond acceptors (Lipinski definition) is 6. The Bertz CT molecular complexity index is 1450. The van der Waals surface area contributed by atoms with Gasteiger partial charge in [0.2, 0.25) is 0 Å². The van der Waals surface area contributed by atoms with E-state index >= 15 is 0 Å². The minimum Gasteiger partial charge on any atom is -0.462 e. The van der Waals surface area contributed by atoms with Crippen LogP contribution < -0.4 is 0 Å². The number of esters is 3. The van der Waals surface area contributed by atoms with Crippen molar-refractivity contribution in [3.05, 3.63) is 122 Å². The third-order valence-electron chi connectivity index (χ3n) is 11.2. The lowest BCUT2D eigenvalue weighted by Gasteiger charge is -2.18. The average molecular weight is 941 g/mol. The minimum absolute atomic E-state index is 0.120. The van der Waals surface area contributed by atoms with Gasteiger partial charge in [-0.05, 0) is 116 Å². The Hall–Kier alpha value is -4.19. The van der Waals surface area contributed by atoms with Gasteiger partial charge >= 0.3 is 17.9 Å². The zero-order valence-electron chi connectivity index (χ0n) is 43.8. The molecule has 0 radical (unpaired) electrons. The highest BCUT2D eigenvalue weighted by atomic mass is 16.6. The molecule has 6 nitrogen and oxygen atoms in total. The first-order chi connectivity index (χ1) is 33.5. The first kappa shape index (κ1) is 63.8. The molecule has 6 heteroatoms. The molecule has 0 saturated heterocycles. The predicted molar refractivity (Wildman–Crippen MR) is 293 cm³/mol. The van der Waals surface area contributed by atoms with Gasteiger partial charge in [0.25, 0.3) is 0 Å². The smallest absolute Gasteiger partial charge is 0.306 e. The molecule has 0 saturated carbocycles. The first-order valence-electron chi connectivity index (χ1n) is 27.5. The number of hydrogen-bond donors (Lipinski definition) is 0. The van der Waals surface area contributed by atoms with Crippen molar-refractivity contribution >= 4 is 17.9 Å². The molecule has 0 aromatic heterocycles. The van der Waals surface area contributed by atoms with E-state index in [1.54, 1.807) is 0 Å². The highest BCUT2D eigenvalue weighted by Gasteiger charge is 2.19.